The van der Waals surface area contributed by atoms with Gasteiger partial charge in [0.25, 0.3) is 0 Å². The highest BCUT2D eigenvalue weighted by Crippen LogP contribution is 2.62. The van der Waals surface area contributed by atoms with Crippen molar-refractivity contribution in [2.24, 2.45) is 52.8 Å². The van der Waals surface area contributed by atoms with Gasteiger partial charge in [0.05, 0.1) is 0 Å². The molecule has 0 aromatic rings. The molecule has 0 amide bonds. The molecule has 0 aliphatic heterocycles. The fourth-order valence-corrected chi connectivity index (χ4v) is 8.73. The molecular weight excluding hydrogens is 324 g/mol. The Kier molecular flexibility index (Phi) is 6.30. The first-order valence-electron chi connectivity index (χ1n) is 13.0. The third kappa shape index (κ3) is 3.90. The van der Waals surface area contributed by atoms with Gasteiger partial charge in [-0.1, -0.05) is 66.2 Å². The Labute approximate surface area is 170 Å². The van der Waals surface area contributed by atoms with Crippen LogP contribution in [0.1, 0.15) is 118 Å². The summed E-state index contributed by atoms with van der Waals surface area (Å²) in [6.45, 7) is 10.5. The maximum Gasteiger partial charge on any atom is -0.0241 e. The van der Waals surface area contributed by atoms with E-state index in [2.05, 4.69) is 27.7 Å². The molecule has 0 radical (unpaired) electrons. The van der Waals surface area contributed by atoms with E-state index in [1.807, 2.05) is 0 Å². The van der Waals surface area contributed by atoms with Crippen molar-refractivity contribution in [1.82, 2.24) is 0 Å². The Morgan fingerprint density at radius 2 is 1.26 bits per heavy atom. The number of hydrogen-bond acceptors (Lipinski definition) is 0. The second-order valence-electron chi connectivity index (χ2n) is 12.1. The molecule has 0 nitrogen and oxygen atoms in total. The summed E-state index contributed by atoms with van der Waals surface area (Å²) in [4.78, 5) is 0. The minimum atomic E-state index is 0.655. The molecule has 4 aliphatic carbocycles. The van der Waals surface area contributed by atoms with Crippen LogP contribution in [0.4, 0.5) is 0 Å². The fraction of sp³-hybridized carbons (Fsp3) is 1.00. The predicted octanol–water partition coefficient (Wildman–Crippen LogP) is 8.50. The Bertz CT molecular complexity index is 466. The molecule has 0 aromatic carbocycles. The molecule has 5 unspecified atom stereocenters. The summed E-state index contributed by atoms with van der Waals surface area (Å²) in [5.41, 5.74) is 0.655. The molecule has 6 atom stereocenters. The van der Waals surface area contributed by atoms with Crippen LogP contribution >= 0.6 is 0 Å². The Hall–Kier alpha value is 0. The predicted molar refractivity (Wildman–Crippen MR) is 118 cm³/mol. The van der Waals surface area contributed by atoms with Crippen molar-refractivity contribution in [2.75, 3.05) is 0 Å². The standard InChI is InChI=1S/C27H48/c1-19-10-14-22(15-11-19)24-16-12-20(2)18-25(24)26-17-13-21(3)27(26,4)23-8-6-5-7-9-23/h19-26H,5-18H2,1-4H3/t19?,20?,21-,22?,24?,25?,26?,27?/m1/s1. The highest BCUT2D eigenvalue weighted by atomic mass is 14.6. The zero-order chi connectivity index (χ0) is 19.0. The maximum absolute atomic E-state index is 2.78. The average molecular weight is 373 g/mol. The van der Waals surface area contributed by atoms with E-state index in [9.17, 15) is 0 Å². The smallest absolute Gasteiger partial charge is 0.0241 e. The van der Waals surface area contributed by atoms with Crippen LogP contribution in [0.3, 0.4) is 0 Å². The first kappa shape index (κ1) is 20.3. The number of hydrogen-bond donors (Lipinski definition) is 0. The van der Waals surface area contributed by atoms with Gasteiger partial charge in [-0.2, -0.15) is 0 Å². The van der Waals surface area contributed by atoms with Crippen LogP contribution in [0, 0.1) is 52.8 Å². The average Bonchev–Trinajstić information content (AvgIpc) is 2.99. The van der Waals surface area contributed by atoms with Gasteiger partial charge in [0, 0.05) is 0 Å². The summed E-state index contributed by atoms with van der Waals surface area (Å²) in [5.74, 6) is 8.25. The lowest BCUT2D eigenvalue weighted by molar-refractivity contribution is -0.0322. The van der Waals surface area contributed by atoms with Gasteiger partial charge >= 0.3 is 0 Å². The second-order valence-corrected chi connectivity index (χ2v) is 12.1. The lowest BCUT2D eigenvalue weighted by Crippen LogP contribution is -2.45. The van der Waals surface area contributed by atoms with Crippen LogP contribution in [-0.2, 0) is 0 Å². The Morgan fingerprint density at radius 1 is 0.593 bits per heavy atom. The van der Waals surface area contributed by atoms with Gasteiger partial charge in [-0.25, -0.2) is 0 Å². The summed E-state index contributed by atoms with van der Waals surface area (Å²) in [6.07, 6.45) is 21.5. The van der Waals surface area contributed by atoms with Gasteiger partial charge in [-0.3, -0.25) is 0 Å². The Morgan fingerprint density at radius 3 is 1.96 bits per heavy atom. The van der Waals surface area contributed by atoms with E-state index in [1.165, 1.54) is 44.9 Å². The molecule has 0 spiro atoms. The number of rotatable bonds is 3. The van der Waals surface area contributed by atoms with Gasteiger partial charge in [-0.15, -0.1) is 0 Å². The molecule has 0 bridgehead atoms. The third-order valence-electron chi connectivity index (χ3n) is 10.7. The van der Waals surface area contributed by atoms with Gasteiger partial charge in [0.1, 0.15) is 0 Å². The fourth-order valence-electron chi connectivity index (χ4n) is 8.73. The zero-order valence-electron chi connectivity index (χ0n) is 19.0. The van der Waals surface area contributed by atoms with Crippen LogP contribution in [-0.4, -0.2) is 0 Å². The zero-order valence-corrected chi connectivity index (χ0v) is 19.0. The van der Waals surface area contributed by atoms with Crippen molar-refractivity contribution in [3.63, 3.8) is 0 Å². The summed E-state index contributed by atoms with van der Waals surface area (Å²) in [7, 11) is 0. The van der Waals surface area contributed by atoms with Crippen molar-refractivity contribution in [2.45, 2.75) is 118 Å². The lowest BCUT2D eigenvalue weighted by atomic mass is 9.53. The first-order chi connectivity index (χ1) is 13.0. The molecule has 27 heavy (non-hydrogen) atoms. The van der Waals surface area contributed by atoms with Crippen molar-refractivity contribution < 1.29 is 0 Å². The maximum atomic E-state index is 2.78. The molecular formula is C27H48. The topological polar surface area (TPSA) is 0 Å². The monoisotopic (exact) mass is 372 g/mol. The summed E-state index contributed by atoms with van der Waals surface area (Å²) in [6, 6.07) is 0. The molecule has 0 heteroatoms. The van der Waals surface area contributed by atoms with Gasteiger partial charge in [0.2, 0.25) is 0 Å². The first-order valence-corrected chi connectivity index (χ1v) is 13.0. The summed E-state index contributed by atoms with van der Waals surface area (Å²) in [5, 5.41) is 0. The molecule has 4 fully saturated rings. The van der Waals surface area contributed by atoms with E-state index in [0.29, 0.717) is 5.41 Å². The van der Waals surface area contributed by atoms with Crippen LogP contribution in [0.15, 0.2) is 0 Å². The highest BCUT2D eigenvalue weighted by molar-refractivity contribution is 5.03. The summed E-state index contributed by atoms with van der Waals surface area (Å²) < 4.78 is 0. The summed E-state index contributed by atoms with van der Waals surface area (Å²) >= 11 is 0. The van der Waals surface area contributed by atoms with Crippen LogP contribution in [0.25, 0.3) is 0 Å². The van der Waals surface area contributed by atoms with Crippen LogP contribution in [0.5, 0.6) is 0 Å². The molecule has 0 heterocycles. The highest BCUT2D eigenvalue weighted by Gasteiger charge is 2.54. The molecule has 4 saturated carbocycles. The van der Waals surface area contributed by atoms with Crippen molar-refractivity contribution in [1.29, 1.82) is 0 Å². The normalized spacial score (nSPS) is 50.0. The van der Waals surface area contributed by atoms with Gasteiger partial charge < -0.3 is 0 Å². The van der Waals surface area contributed by atoms with Crippen LogP contribution < -0.4 is 0 Å². The minimum absolute atomic E-state index is 0.655. The van der Waals surface area contributed by atoms with E-state index in [0.717, 1.165) is 47.3 Å². The Balaban J connectivity index is 1.57. The molecule has 4 aliphatic rings. The molecule has 156 valence electrons. The third-order valence-corrected chi connectivity index (χ3v) is 10.7. The van der Waals surface area contributed by atoms with Crippen molar-refractivity contribution in [3.05, 3.63) is 0 Å². The molecule has 0 N–H and O–H groups in total. The quantitative estimate of drug-likeness (QED) is 0.466. The van der Waals surface area contributed by atoms with E-state index in [-0.39, 0.29) is 0 Å². The SMILES string of the molecule is CC1CCC(C2CCC(C)CC2C2CC[C@@H](C)C2(C)C2CCCCC2)CC1. The minimum Gasteiger partial charge on any atom is -0.0625 e. The van der Waals surface area contributed by atoms with E-state index < -0.39 is 0 Å². The van der Waals surface area contributed by atoms with Crippen molar-refractivity contribution in [3.8, 4) is 0 Å². The second kappa shape index (κ2) is 8.39. The van der Waals surface area contributed by atoms with E-state index in [4.69, 9.17) is 0 Å². The van der Waals surface area contributed by atoms with Gasteiger partial charge in [0.15, 0.2) is 0 Å². The van der Waals surface area contributed by atoms with Crippen molar-refractivity contribution >= 4 is 0 Å². The molecule has 0 aromatic heterocycles. The van der Waals surface area contributed by atoms with E-state index in [1.54, 1.807) is 44.9 Å². The van der Waals surface area contributed by atoms with Crippen LogP contribution in [0.2, 0.25) is 0 Å². The lowest BCUT2D eigenvalue weighted by Gasteiger charge is -2.52. The molecule has 4 rings (SSSR count). The van der Waals surface area contributed by atoms with E-state index >= 15 is 0 Å². The molecule has 0 saturated heterocycles. The largest absolute Gasteiger partial charge is 0.0625 e. The van der Waals surface area contributed by atoms with Gasteiger partial charge in [-0.05, 0) is 104 Å².